The molecule has 0 spiro atoms. The van der Waals surface area contributed by atoms with E-state index in [1.165, 1.54) is 105 Å². The average Bonchev–Trinajstić information content (AvgIpc) is 1.61. The summed E-state index contributed by atoms with van der Waals surface area (Å²) in [4.78, 5) is 104. The van der Waals surface area contributed by atoms with Crippen molar-refractivity contribution in [2.45, 2.75) is 209 Å². The molecule has 14 rings (SSSR count). The number of sulfonamides is 4. The van der Waals surface area contributed by atoms with Gasteiger partial charge in [-0.15, -0.1) is 0 Å². The van der Waals surface area contributed by atoms with Crippen LogP contribution in [-0.4, -0.2) is 183 Å². The second kappa shape index (κ2) is 37.7. The number of aromatic nitrogens is 8. The van der Waals surface area contributed by atoms with E-state index >= 15 is 0 Å². The quantitative estimate of drug-likeness (QED) is 0.0324. The van der Waals surface area contributed by atoms with Crippen LogP contribution in [0.2, 0.25) is 0 Å². The maximum absolute atomic E-state index is 12.8. The van der Waals surface area contributed by atoms with E-state index in [9.17, 15) is 72.0 Å². The van der Waals surface area contributed by atoms with Crippen molar-refractivity contribution < 1.29 is 72.0 Å². The number of urea groups is 4. The highest BCUT2D eigenvalue weighted by molar-refractivity contribution is 7.90. The third kappa shape index (κ3) is 20.4. The zero-order valence-corrected chi connectivity index (χ0v) is 75.5. The van der Waals surface area contributed by atoms with E-state index in [0.29, 0.717) is 18.8 Å². The lowest BCUT2D eigenvalue weighted by Crippen LogP contribution is -2.35. The lowest BCUT2D eigenvalue weighted by molar-refractivity contribution is 0.0740. The second-order valence-electron chi connectivity index (χ2n) is 32.3. The van der Waals surface area contributed by atoms with Crippen LogP contribution in [0.25, 0.3) is 0 Å². The highest BCUT2D eigenvalue weighted by Crippen LogP contribution is 2.42. The Morgan fingerprint density at radius 3 is 0.894 bits per heavy atom. The first-order valence-electron chi connectivity index (χ1n) is 41.1. The fraction of sp³-hybridized carbons (Fsp3) is 0.470. The number of amides is 12. The number of carbonyl (C=O) groups excluding carboxylic acids is 8. The van der Waals surface area contributed by atoms with Gasteiger partial charge in [-0.2, -0.15) is 54.1 Å². The molecule has 0 unspecified atom stereocenters. The number of hydrogen-bond donors (Lipinski definition) is 9. The molecule has 662 valence electrons. The van der Waals surface area contributed by atoms with Crippen LogP contribution in [0, 0.1) is 0 Å². The average molecular weight is 1770 g/mol. The predicted molar refractivity (Wildman–Crippen MR) is 462 cm³/mol. The van der Waals surface area contributed by atoms with Crippen molar-refractivity contribution in [1.29, 1.82) is 0 Å². The monoisotopic (exact) mass is 1770 g/mol. The Hall–Kier alpha value is -11.5. The van der Waals surface area contributed by atoms with Gasteiger partial charge >= 0.3 is 24.1 Å². The summed E-state index contributed by atoms with van der Waals surface area (Å²) in [5.41, 5.74) is 19.3. The highest BCUT2D eigenvalue weighted by Gasteiger charge is 2.35. The molecule has 6 aliphatic carbocycles. The molecule has 0 bridgehead atoms. The van der Waals surface area contributed by atoms with Crippen LogP contribution in [0.5, 0.6) is 0 Å². The molecule has 0 atom stereocenters. The fourth-order valence-electron chi connectivity index (χ4n) is 16.4. The van der Waals surface area contributed by atoms with Crippen LogP contribution in [0.4, 0.5) is 41.9 Å². The number of fused-ring (bicyclic) bond motifs is 6. The number of carbonyl (C=O) groups is 8. The van der Waals surface area contributed by atoms with Gasteiger partial charge in [-0.3, -0.25) is 37.9 Å². The number of para-hydroxylation sites is 1. The molecule has 12 amide bonds. The topological polar surface area (TPSA) is 462 Å². The number of benzene rings is 4. The Balaban J connectivity index is 0.000000160. The van der Waals surface area contributed by atoms with Gasteiger partial charge in [0, 0.05) is 123 Å². The molecule has 40 heteroatoms. The van der Waals surface area contributed by atoms with E-state index in [-0.39, 0.29) is 62.5 Å². The molecule has 0 saturated carbocycles. The van der Waals surface area contributed by atoms with Gasteiger partial charge in [0.25, 0.3) is 63.7 Å². The number of hydrogen-bond acceptors (Lipinski definition) is 20. The molecule has 4 heterocycles. The van der Waals surface area contributed by atoms with Crippen LogP contribution in [0.15, 0.2) is 80.8 Å². The summed E-state index contributed by atoms with van der Waals surface area (Å²) in [6.45, 7) is 16.4. The van der Waals surface area contributed by atoms with Crippen molar-refractivity contribution in [2.75, 3.05) is 62.5 Å². The van der Waals surface area contributed by atoms with Gasteiger partial charge in [-0.1, -0.05) is 64.1 Å². The van der Waals surface area contributed by atoms with E-state index in [0.717, 1.165) is 194 Å². The van der Waals surface area contributed by atoms with Crippen LogP contribution in [-0.2, 0) is 145 Å². The normalized spacial score (nSPS) is 14.1. The fourth-order valence-corrected chi connectivity index (χ4v) is 20.0. The summed E-state index contributed by atoms with van der Waals surface area (Å²) in [7, 11) is -4.90. The van der Waals surface area contributed by atoms with Gasteiger partial charge < -0.3 is 41.3 Å². The Bertz CT molecular complexity index is 5700. The minimum Gasteiger partial charge on any atom is -0.354 e. The first-order chi connectivity index (χ1) is 58.0. The predicted octanol–water partition coefficient (Wildman–Crippen LogP) is 8.92. The van der Waals surface area contributed by atoms with Gasteiger partial charge in [-0.25, -0.2) is 38.1 Å². The van der Waals surface area contributed by atoms with Gasteiger partial charge in [-0.05, 0) is 233 Å². The van der Waals surface area contributed by atoms with Gasteiger partial charge in [0.2, 0.25) is 0 Å². The van der Waals surface area contributed by atoms with E-state index in [1.807, 2.05) is 83.0 Å². The van der Waals surface area contributed by atoms with E-state index < -0.39 is 86.1 Å². The Morgan fingerprint density at radius 1 is 0.374 bits per heavy atom. The molecule has 0 radical (unpaired) electrons. The van der Waals surface area contributed by atoms with Crippen molar-refractivity contribution in [3.05, 3.63) is 161 Å². The first kappa shape index (κ1) is 92.2. The van der Waals surface area contributed by atoms with E-state index in [2.05, 4.69) is 74.6 Å². The molecule has 8 aromatic rings. The number of aryl methyl sites for hydroxylation is 10. The Morgan fingerprint density at radius 2 is 0.634 bits per heavy atom. The molecule has 123 heavy (non-hydrogen) atoms. The Kier molecular flexibility index (Phi) is 28.2. The molecule has 0 saturated heterocycles. The van der Waals surface area contributed by atoms with Crippen molar-refractivity contribution in [3.8, 4) is 0 Å². The summed E-state index contributed by atoms with van der Waals surface area (Å²) in [6, 6.07) is 13.7. The lowest BCUT2D eigenvalue weighted by Gasteiger charge is -2.21. The van der Waals surface area contributed by atoms with Gasteiger partial charge in [0.15, 0.2) is 20.1 Å². The molecular formula is C83H110N20O16S4. The maximum Gasteiger partial charge on any atom is 0.333 e. The minimum absolute atomic E-state index is 0.0595. The summed E-state index contributed by atoms with van der Waals surface area (Å²) in [5, 5.41) is 27.6. The molecule has 9 N–H and O–H groups in total. The molecule has 4 aromatic heterocycles. The van der Waals surface area contributed by atoms with Crippen LogP contribution in [0.3, 0.4) is 0 Å². The number of nitrogens with one attached hydrogen (secondary N) is 9. The molecular weight excluding hydrogens is 1660 g/mol. The van der Waals surface area contributed by atoms with Gasteiger partial charge in [0.05, 0.1) is 0 Å². The van der Waals surface area contributed by atoms with Crippen molar-refractivity contribution in [2.24, 2.45) is 28.2 Å². The lowest BCUT2D eigenvalue weighted by atomic mass is 9.93. The second-order valence-corrected chi connectivity index (χ2v) is 38.8. The van der Waals surface area contributed by atoms with Crippen molar-refractivity contribution in [1.82, 2.24) is 78.0 Å². The molecule has 0 fully saturated rings. The zero-order chi connectivity index (χ0) is 89.8. The largest absolute Gasteiger partial charge is 0.354 e. The summed E-state index contributed by atoms with van der Waals surface area (Å²) in [6.07, 6.45) is 17.3. The maximum atomic E-state index is 12.8. The van der Waals surface area contributed by atoms with E-state index in [4.69, 9.17) is 0 Å². The zero-order valence-electron chi connectivity index (χ0n) is 72.2. The first-order valence-corrected chi connectivity index (χ1v) is 47.0. The van der Waals surface area contributed by atoms with Crippen LogP contribution in [0.1, 0.15) is 226 Å². The number of rotatable bonds is 21. The van der Waals surface area contributed by atoms with E-state index in [1.54, 1.807) is 26.0 Å². The van der Waals surface area contributed by atoms with Crippen LogP contribution < -0.4 is 45.5 Å². The Labute approximate surface area is 717 Å². The standard InChI is InChI=1S/2C22H29N5O4S.C20H29N5O4S.C19H23N5O4S/c1-13(2)26(3)21(28)18-12-19(24-27(18)4)32(30,31)25-22(29)23-20-16-9-5-7-14(16)11-15-8-6-10-17(15)20;1-4-27(5-2)21(28)18-13-19(24-26(18)3)32(30,31)25-22(29)23-20-16-10-6-8-14(16)12-15-9-7-11-17(15)20;1-12(2)14-9-8-10-15(13(3)4)18(14)21-20(27)23-30(28,29)17-11-16(25(7)22-17)19(26)24(5)6;1-20-18(25)15-10-16(22-24(15)2)29(27,28)23-19(26)21-17-13-7-3-5-11(13)9-12-6-4-8-14(12)17/h11-13H,5-10H2,1-4H3,(H2,23,25,29);12-13H,4-11H2,1-3H3,(H2,23,25,29);8-13H,1-7H3,(H2,21,23,27);9-10H,3-8H2,1-2H3,(H,20,25)(H2,21,23,26). The summed E-state index contributed by atoms with van der Waals surface area (Å²) >= 11 is 0. The van der Waals surface area contributed by atoms with Crippen molar-refractivity contribution in [3.63, 3.8) is 0 Å². The third-order valence-electron chi connectivity index (χ3n) is 22.9. The smallest absolute Gasteiger partial charge is 0.333 e. The molecule has 36 nitrogen and oxygen atoms in total. The van der Waals surface area contributed by atoms with Gasteiger partial charge in [0.1, 0.15) is 22.8 Å². The third-order valence-corrected chi connectivity index (χ3v) is 27.7. The SMILES string of the molecule is CC(C)N(C)C(=O)c1cc(S(=O)(=O)NC(=O)Nc2c3c(cc4c2CCC4)CCC3)nn1C.CC(C)c1cccc(C(C)C)c1NC(=O)NS(=O)(=O)c1cc(C(=O)N(C)C)n(C)n1.CCN(CC)C(=O)c1cc(S(=O)(=O)NC(=O)Nc2c3c(cc4c2CCC4)CCC3)nn1C.CNC(=O)c1cc(S(=O)(=O)NC(=O)Nc2c3c(cc4c2CCC4)CCC3)nn1C. The summed E-state index contributed by atoms with van der Waals surface area (Å²) in [5.74, 6) is -1.27. The van der Waals surface area contributed by atoms with Crippen LogP contribution >= 0.6 is 0 Å². The number of nitrogens with zero attached hydrogens (tertiary/aromatic N) is 11. The minimum atomic E-state index is -4.27. The summed E-state index contributed by atoms with van der Waals surface area (Å²) < 4.78 is 115. The molecule has 0 aliphatic heterocycles. The van der Waals surface area contributed by atoms with Crippen molar-refractivity contribution >= 4 is 111 Å². The number of anilines is 4. The highest BCUT2D eigenvalue weighted by atomic mass is 32.2. The molecule has 6 aliphatic rings. The molecule has 4 aromatic carbocycles.